The number of rotatable bonds is 1. The van der Waals surface area contributed by atoms with E-state index in [-0.39, 0.29) is 22.8 Å². The second-order valence-electron chi connectivity index (χ2n) is 9.26. The van der Waals surface area contributed by atoms with E-state index >= 15 is 0 Å². The van der Waals surface area contributed by atoms with Crippen LogP contribution >= 0.6 is 0 Å². The third-order valence-corrected chi connectivity index (χ3v) is 8.46. The third-order valence-electron chi connectivity index (χ3n) is 8.46. The molecule has 1 aliphatic heterocycles. The Kier molecular flexibility index (Phi) is 3.62. The van der Waals surface area contributed by atoms with Gasteiger partial charge in [0.1, 0.15) is 0 Å². The molecule has 0 radical (unpaired) electrons. The molecular weight excluding hydrogens is 321 g/mol. The van der Waals surface area contributed by atoms with E-state index in [2.05, 4.69) is 13.8 Å². The minimum Gasteiger partial charge on any atom is -0.481 e. The van der Waals surface area contributed by atoms with Crippen LogP contribution in [0.5, 0.6) is 0 Å². The Labute approximate surface area is 148 Å². The van der Waals surface area contributed by atoms with E-state index < -0.39 is 17.7 Å². The van der Waals surface area contributed by atoms with Crippen molar-refractivity contribution in [1.29, 1.82) is 0 Å². The summed E-state index contributed by atoms with van der Waals surface area (Å²) in [4.78, 5) is 25.4. The molecule has 0 aromatic carbocycles. The van der Waals surface area contributed by atoms with Crippen LogP contribution in [-0.4, -0.2) is 35.0 Å². The summed E-state index contributed by atoms with van der Waals surface area (Å²) in [6, 6.07) is 0.0572. The van der Waals surface area contributed by atoms with Gasteiger partial charge in [-0.25, -0.2) is 4.39 Å². The van der Waals surface area contributed by atoms with Crippen LogP contribution in [0.3, 0.4) is 0 Å². The van der Waals surface area contributed by atoms with Crippen LogP contribution in [0, 0.1) is 34.5 Å². The predicted molar refractivity (Wildman–Crippen MR) is 91.3 cm³/mol. The van der Waals surface area contributed by atoms with Crippen LogP contribution < -0.4 is 0 Å². The van der Waals surface area contributed by atoms with Gasteiger partial charge in [0.25, 0.3) is 5.91 Å². The Morgan fingerprint density at radius 2 is 1.92 bits per heavy atom. The highest BCUT2D eigenvalue weighted by Gasteiger charge is 2.62. The van der Waals surface area contributed by atoms with Crippen molar-refractivity contribution in [3.8, 4) is 0 Å². The van der Waals surface area contributed by atoms with E-state index in [0.717, 1.165) is 38.5 Å². The fourth-order valence-electron chi connectivity index (χ4n) is 7.24. The van der Waals surface area contributed by atoms with Crippen LogP contribution in [0.25, 0.3) is 0 Å². The second-order valence-corrected chi connectivity index (χ2v) is 9.26. The lowest BCUT2D eigenvalue weighted by Crippen LogP contribution is -2.60. The van der Waals surface area contributed by atoms with Crippen molar-refractivity contribution in [2.45, 2.75) is 58.4 Å². The van der Waals surface area contributed by atoms with Gasteiger partial charge in [-0.1, -0.05) is 13.8 Å². The van der Waals surface area contributed by atoms with Crippen molar-refractivity contribution < 1.29 is 19.1 Å². The number of carbonyl (C=O) groups is 2. The Bertz CT molecular complexity index is 661. The molecule has 25 heavy (non-hydrogen) atoms. The highest BCUT2D eigenvalue weighted by atomic mass is 19.1. The minimum absolute atomic E-state index is 0.0572. The van der Waals surface area contributed by atoms with Gasteiger partial charge in [0.05, 0.1) is 5.92 Å². The lowest BCUT2D eigenvalue weighted by Gasteiger charge is -2.60. The van der Waals surface area contributed by atoms with Crippen LogP contribution in [0.2, 0.25) is 0 Å². The van der Waals surface area contributed by atoms with E-state index in [1.54, 1.807) is 18.0 Å². The van der Waals surface area contributed by atoms with Crippen molar-refractivity contribution in [2.24, 2.45) is 34.5 Å². The van der Waals surface area contributed by atoms with E-state index in [0.29, 0.717) is 17.8 Å². The number of carboxylic acids is 1. The van der Waals surface area contributed by atoms with Crippen LogP contribution in [-0.2, 0) is 9.59 Å². The molecule has 0 aromatic heterocycles. The van der Waals surface area contributed by atoms with E-state index in [4.69, 9.17) is 0 Å². The molecule has 0 saturated heterocycles. The van der Waals surface area contributed by atoms with Gasteiger partial charge in [0, 0.05) is 18.5 Å². The zero-order valence-corrected chi connectivity index (χ0v) is 15.3. The van der Waals surface area contributed by atoms with Gasteiger partial charge >= 0.3 is 5.97 Å². The normalized spacial score (nSPS) is 49.1. The summed E-state index contributed by atoms with van der Waals surface area (Å²) in [5, 5.41) is 9.65. The molecule has 1 N–H and O–H groups in total. The van der Waals surface area contributed by atoms with Gasteiger partial charge in [0.2, 0.25) is 0 Å². The number of carbonyl (C=O) groups excluding carboxylic acids is 1. The molecule has 4 rings (SSSR count). The van der Waals surface area contributed by atoms with Crippen molar-refractivity contribution in [1.82, 2.24) is 4.90 Å². The number of hydrogen-bond acceptors (Lipinski definition) is 2. The van der Waals surface area contributed by atoms with Gasteiger partial charge in [-0.05, 0) is 67.8 Å². The molecule has 7 atom stereocenters. The molecule has 0 bridgehead atoms. The second kappa shape index (κ2) is 5.31. The summed E-state index contributed by atoms with van der Waals surface area (Å²) in [6.07, 6.45) is 7.06. The van der Waals surface area contributed by atoms with Crippen molar-refractivity contribution >= 4 is 11.9 Å². The zero-order valence-electron chi connectivity index (χ0n) is 15.3. The summed E-state index contributed by atoms with van der Waals surface area (Å²) in [7, 11) is 1.72. The standard InChI is InChI=1S/C20H28FNO3/c1-19-9-8-13-11(12(19)5-6-14(19)18(24)25)4-7-16-20(13,2)10-15(21)17(23)22(16)3/h10-14,16H,4-9H2,1-3H3,(H,24,25)/t11-,12-,13?,14+,16?,19-,20+/m0/s1. The molecule has 138 valence electrons. The van der Waals surface area contributed by atoms with Gasteiger partial charge < -0.3 is 10.0 Å². The summed E-state index contributed by atoms with van der Waals surface area (Å²) in [5.74, 6) is -0.833. The van der Waals surface area contributed by atoms with Crippen molar-refractivity contribution in [3.05, 3.63) is 11.9 Å². The number of hydrogen-bond donors (Lipinski definition) is 1. The van der Waals surface area contributed by atoms with Crippen LogP contribution in [0.15, 0.2) is 11.9 Å². The Morgan fingerprint density at radius 3 is 2.60 bits per heavy atom. The molecule has 0 spiro atoms. The number of fused-ring (bicyclic) bond motifs is 5. The number of carboxylic acid groups (broad SMARTS) is 1. The fourth-order valence-corrected chi connectivity index (χ4v) is 7.24. The van der Waals surface area contributed by atoms with Crippen LogP contribution in [0.1, 0.15) is 52.4 Å². The average molecular weight is 349 g/mol. The van der Waals surface area contributed by atoms with E-state index in [1.807, 2.05) is 0 Å². The van der Waals surface area contributed by atoms with Gasteiger partial charge in [-0.15, -0.1) is 0 Å². The first kappa shape index (κ1) is 17.0. The lowest BCUT2D eigenvalue weighted by molar-refractivity contribution is -0.153. The molecule has 1 amide bonds. The maximum absolute atomic E-state index is 14.3. The largest absolute Gasteiger partial charge is 0.481 e. The summed E-state index contributed by atoms with van der Waals surface area (Å²) < 4.78 is 14.3. The molecule has 3 saturated carbocycles. The number of halogens is 1. The summed E-state index contributed by atoms with van der Waals surface area (Å²) in [5.41, 5.74) is -0.465. The van der Waals surface area contributed by atoms with Gasteiger partial charge in [-0.2, -0.15) is 0 Å². The SMILES string of the molecule is CN1C(=O)C(F)=C[C@]2(C)C3CC[C@]4(C)[C@@H](C(=O)O)CC[C@H]4[C@@H]3CCC12. The maximum atomic E-state index is 14.3. The zero-order chi connectivity index (χ0) is 18.1. The third kappa shape index (κ3) is 2.10. The number of aliphatic carboxylic acids is 1. The van der Waals surface area contributed by atoms with E-state index in [9.17, 15) is 19.1 Å². The highest BCUT2D eigenvalue weighted by molar-refractivity contribution is 5.92. The first-order valence-electron chi connectivity index (χ1n) is 9.58. The topological polar surface area (TPSA) is 57.6 Å². The van der Waals surface area contributed by atoms with Crippen molar-refractivity contribution in [2.75, 3.05) is 7.05 Å². The first-order chi connectivity index (χ1) is 11.7. The number of nitrogens with zero attached hydrogens (tertiary/aromatic N) is 1. The van der Waals surface area contributed by atoms with Crippen molar-refractivity contribution in [3.63, 3.8) is 0 Å². The molecular formula is C20H28FNO3. The highest BCUT2D eigenvalue weighted by Crippen LogP contribution is 2.65. The van der Waals surface area contributed by atoms with E-state index in [1.165, 1.54) is 0 Å². The fraction of sp³-hybridized carbons (Fsp3) is 0.800. The summed E-state index contributed by atoms with van der Waals surface area (Å²) in [6.45, 7) is 4.28. The number of amides is 1. The Hall–Kier alpha value is -1.39. The summed E-state index contributed by atoms with van der Waals surface area (Å²) >= 11 is 0. The quantitative estimate of drug-likeness (QED) is 0.786. The average Bonchev–Trinajstić information content (AvgIpc) is 2.90. The molecule has 1 heterocycles. The molecule has 5 heteroatoms. The molecule has 2 unspecified atom stereocenters. The molecule has 0 aromatic rings. The Morgan fingerprint density at radius 1 is 1.20 bits per heavy atom. The molecule has 4 nitrogen and oxygen atoms in total. The maximum Gasteiger partial charge on any atom is 0.307 e. The smallest absolute Gasteiger partial charge is 0.307 e. The molecule has 4 aliphatic rings. The molecule has 3 aliphatic carbocycles. The first-order valence-corrected chi connectivity index (χ1v) is 9.58. The van der Waals surface area contributed by atoms with Crippen LogP contribution in [0.4, 0.5) is 4.39 Å². The Balaban J connectivity index is 1.70. The predicted octanol–water partition coefficient (Wildman–Crippen LogP) is 3.62. The molecule has 3 fully saturated rings. The monoisotopic (exact) mass is 349 g/mol. The minimum atomic E-state index is -0.655. The number of likely N-dealkylation sites (N-methyl/N-ethyl adjacent to an activating group) is 1. The lowest BCUT2D eigenvalue weighted by atomic mass is 9.47. The van der Waals surface area contributed by atoms with Gasteiger partial charge in [0.15, 0.2) is 5.83 Å². The van der Waals surface area contributed by atoms with Gasteiger partial charge in [-0.3, -0.25) is 9.59 Å².